The van der Waals surface area contributed by atoms with E-state index in [-0.39, 0.29) is 0 Å². The minimum absolute atomic E-state index is 0.342. The van der Waals surface area contributed by atoms with Gasteiger partial charge in [0.05, 0.1) is 5.52 Å². The van der Waals surface area contributed by atoms with Crippen LogP contribution in [-0.4, -0.2) is 10.1 Å². The van der Waals surface area contributed by atoms with Crippen LogP contribution in [0.2, 0.25) is 0 Å². The lowest BCUT2D eigenvalue weighted by Gasteiger charge is -2.11. The molecule has 0 saturated heterocycles. The minimum atomic E-state index is 0.342. The molecule has 0 aliphatic rings. The van der Waals surface area contributed by atoms with E-state index in [1.807, 2.05) is 60.7 Å². The molecule has 5 rings (SSSR count). The maximum atomic E-state index is 11.1. The Bertz CT molecular complexity index is 1200. The molecular formula is C22H15NO. The minimum Gasteiger partial charge on any atom is -0.507 e. The van der Waals surface area contributed by atoms with Crippen LogP contribution < -0.4 is 0 Å². The molecule has 114 valence electrons. The maximum absolute atomic E-state index is 11.1. The Labute approximate surface area is 139 Å². The van der Waals surface area contributed by atoms with Crippen LogP contribution in [0.4, 0.5) is 0 Å². The predicted octanol–water partition coefficient (Wildman–Crippen LogP) is 5.85. The Hall–Kier alpha value is -3.26. The third-order valence-corrected chi connectivity index (χ3v) is 4.71. The number of phenols is 1. The molecule has 1 aromatic heterocycles. The molecule has 0 bridgehead atoms. The summed E-state index contributed by atoms with van der Waals surface area (Å²) < 4.78 is 0. The lowest BCUT2D eigenvalue weighted by molar-refractivity contribution is 0.484. The largest absolute Gasteiger partial charge is 0.507 e. The second-order valence-electron chi connectivity index (χ2n) is 6.06. The van der Waals surface area contributed by atoms with Gasteiger partial charge >= 0.3 is 0 Å². The highest BCUT2D eigenvalue weighted by Gasteiger charge is 2.18. The van der Waals surface area contributed by atoms with Gasteiger partial charge in [-0.3, -0.25) is 0 Å². The molecule has 0 aliphatic heterocycles. The first-order valence-corrected chi connectivity index (χ1v) is 8.04. The summed E-state index contributed by atoms with van der Waals surface area (Å²) in [6.45, 7) is 0. The van der Waals surface area contributed by atoms with Crippen LogP contribution in [0, 0.1) is 0 Å². The Kier molecular flexibility index (Phi) is 2.68. The number of H-pyrrole nitrogens is 1. The number of phenolic OH excluding ortho intramolecular Hbond substituents is 1. The van der Waals surface area contributed by atoms with Crippen molar-refractivity contribution in [2.45, 2.75) is 0 Å². The van der Waals surface area contributed by atoms with Crippen LogP contribution in [-0.2, 0) is 0 Å². The van der Waals surface area contributed by atoms with E-state index in [0.29, 0.717) is 5.75 Å². The van der Waals surface area contributed by atoms with Gasteiger partial charge < -0.3 is 10.1 Å². The van der Waals surface area contributed by atoms with Crippen LogP contribution in [0.1, 0.15) is 0 Å². The lowest BCUT2D eigenvalue weighted by Crippen LogP contribution is -1.85. The quantitative estimate of drug-likeness (QED) is 0.400. The number of aromatic hydroxyl groups is 1. The molecule has 0 atom stereocenters. The zero-order valence-electron chi connectivity index (χ0n) is 13.0. The topological polar surface area (TPSA) is 36.0 Å². The zero-order chi connectivity index (χ0) is 16.1. The highest BCUT2D eigenvalue weighted by molar-refractivity contribution is 6.25. The first kappa shape index (κ1) is 13.2. The van der Waals surface area contributed by atoms with E-state index >= 15 is 0 Å². The van der Waals surface area contributed by atoms with Crippen molar-refractivity contribution in [1.82, 2.24) is 4.98 Å². The molecule has 24 heavy (non-hydrogen) atoms. The van der Waals surface area contributed by atoms with E-state index in [2.05, 4.69) is 23.2 Å². The van der Waals surface area contributed by atoms with Crippen molar-refractivity contribution in [3.8, 4) is 16.9 Å². The molecule has 1 heterocycles. The molecule has 0 unspecified atom stereocenters. The van der Waals surface area contributed by atoms with Crippen molar-refractivity contribution in [3.05, 3.63) is 78.9 Å². The van der Waals surface area contributed by atoms with Crippen LogP contribution in [0.25, 0.3) is 43.7 Å². The fraction of sp³-hybridized carbons (Fsp3) is 0. The van der Waals surface area contributed by atoms with E-state index in [0.717, 1.165) is 43.7 Å². The molecule has 0 spiro atoms. The van der Waals surface area contributed by atoms with E-state index in [4.69, 9.17) is 0 Å². The standard InChI is InChI=1S/C22H15NO/c24-22-16-11-5-4-10-15(16)21-20(17-12-6-7-13-18(17)23-21)19(22)14-8-2-1-3-9-14/h1-13,23-24H. The third kappa shape index (κ3) is 1.71. The number of aromatic amines is 1. The molecule has 4 aromatic carbocycles. The summed E-state index contributed by atoms with van der Waals surface area (Å²) in [5, 5.41) is 15.2. The summed E-state index contributed by atoms with van der Waals surface area (Å²) in [7, 11) is 0. The van der Waals surface area contributed by atoms with Crippen LogP contribution in [0.15, 0.2) is 78.9 Å². The van der Waals surface area contributed by atoms with Gasteiger partial charge in [-0.25, -0.2) is 0 Å². The number of hydrogen-bond donors (Lipinski definition) is 2. The van der Waals surface area contributed by atoms with Crippen molar-refractivity contribution >= 4 is 32.6 Å². The number of hydrogen-bond acceptors (Lipinski definition) is 1. The first-order valence-electron chi connectivity index (χ1n) is 8.04. The Morgan fingerprint density at radius 3 is 2.04 bits per heavy atom. The van der Waals surface area contributed by atoms with Gasteiger partial charge in [-0.2, -0.15) is 0 Å². The zero-order valence-corrected chi connectivity index (χ0v) is 13.0. The Morgan fingerprint density at radius 2 is 1.25 bits per heavy atom. The van der Waals surface area contributed by atoms with Crippen LogP contribution >= 0.6 is 0 Å². The summed E-state index contributed by atoms with van der Waals surface area (Å²) >= 11 is 0. The number of benzene rings is 4. The fourth-order valence-corrected chi connectivity index (χ4v) is 3.65. The van der Waals surface area contributed by atoms with Crippen molar-refractivity contribution < 1.29 is 5.11 Å². The first-order chi connectivity index (χ1) is 11.8. The van der Waals surface area contributed by atoms with Gasteiger partial charge in [-0.1, -0.05) is 72.8 Å². The van der Waals surface area contributed by atoms with Crippen molar-refractivity contribution in [3.63, 3.8) is 0 Å². The van der Waals surface area contributed by atoms with Gasteiger partial charge in [0.2, 0.25) is 0 Å². The summed E-state index contributed by atoms with van der Waals surface area (Å²) in [6.07, 6.45) is 0. The Morgan fingerprint density at radius 1 is 0.625 bits per heavy atom. The molecule has 0 radical (unpaired) electrons. The molecule has 2 heteroatoms. The molecule has 0 fully saturated rings. The molecule has 0 saturated carbocycles. The second kappa shape index (κ2) is 4.87. The van der Waals surface area contributed by atoms with E-state index < -0.39 is 0 Å². The second-order valence-corrected chi connectivity index (χ2v) is 6.06. The van der Waals surface area contributed by atoms with Gasteiger partial charge in [0.1, 0.15) is 5.75 Å². The molecule has 0 amide bonds. The van der Waals surface area contributed by atoms with Crippen molar-refractivity contribution in [1.29, 1.82) is 0 Å². The number of rotatable bonds is 1. The predicted molar refractivity (Wildman–Crippen MR) is 100 cm³/mol. The number of nitrogens with one attached hydrogen (secondary N) is 1. The summed E-state index contributed by atoms with van der Waals surface area (Å²) in [5.41, 5.74) is 4.07. The van der Waals surface area contributed by atoms with Crippen LogP contribution in [0.3, 0.4) is 0 Å². The third-order valence-electron chi connectivity index (χ3n) is 4.71. The SMILES string of the molecule is Oc1c(-c2ccccc2)c2c3ccccc3[nH]c2c2ccccc12. The van der Waals surface area contributed by atoms with Gasteiger partial charge in [-0.05, 0) is 11.6 Å². The average molecular weight is 309 g/mol. The van der Waals surface area contributed by atoms with Crippen molar-refractivity contribution in [2.24, 2.45) is 0 Å². The van der Waals surface area contributed by atoms with Gasteiger partial charge in [0.25, 0.3) is 0 Å². The van der Waals surface area contributed by atoms with E-state index in [1.54, 1.807) is 0 Å². The van der Waals surface area contributed by atoms with Gasteiger partial charge in [0.15, 0.2) is 0 Å². The summed E-state index contributed by atoms with van der Waals surface area (Å²) in [4.78, 5) is 3.55. The molecule has 0 aliphatic carbocycles. The highest BCUT2D eigenvalue weighted by atomic mass is 16.3. The summed E-state index contributed by atoms with van der Waals surface area (Å²) in [6, 6.07) is 26.4. The monoisotopic (exact) mass is 309 g/mol. The highest BCUT2D eigenvalue weighted by Crippen LogP contribution is 2.45. The average Bonchev–Trinajstić information content (AvgIpc) is 3.03. The van der Waals surface area contributed by atoms with E-state index in [9.17, 15) is 5.11 Å². The van der Waals surface area contributed by atoms with Crippen LogP contribution in [0.5, 0.6) is 5.75 Å². The molecule has 5 aromatic rings. The number of para-hydroxylation sites is 1. The molecular weight excluding hydrogens is 294 g/mol. The normalized spacial score (nSPS) is 11.5. The lowest BCUT2D eigenvalue weighted by atomic mass is 9.94. The maximum Gasteiger partial charge on any atom is 0.132 e. The fourth-order valence-electron chi connectivity index (χ4n) is 3.65. The molecule has 2 N–H and O–H groups in total. The summed E-state index contributed by atoms with van der Waals surface area (Å²) in [5.74, 6) is 0.342. The van der Waals surface area contributed by atoms with Gasteiger partial charge in [-0.15, -0.1) is 0 Å². The smallest absolute Gasteiger partial charge is 0.132 e. The molecule has 2 nitrogen and oxygen atoms in total. The van der Waals surface area contributed by atoms with Crippen molar-refractivity contribution in [2.75, 3.05) is 0 Å². The number of aromatic nitrogens is 1. The Balaban J connectivity index is 2.11. The van der Waals surface area contributed by atoms with E-state index in [1.165, 1.54) is 0 Å². The number of fused-ring (bicyclic) bond motifs is 5. The van der Waals surface area contributed by atoms with Gasteiger partial charge in [0, 0.05) is 32.6 Å².